The van der Waals surface area contributed by atoms with Crippen molar-refractivity contribution in [2.45, 2.75) is 55.4 Å². The Morgan fingerprint density at radius 2 is 1.73 bits per heavy atom. The number of rotatable bonds is 9. The fourth-order valence-corrected chi connectivity index (χ4v) is 6.74. The van der Waals surface area contributed by atoms with Gasteiger partial charge in [-0.1, -0.05) is 66.7 Å². The van der Waals surface area contributed by atoms with Gasteiger partial charge in [-0.3, -0.25) is 9.69 Å². The largest absolute Gasteiger partial charge is 0.416 e. The van der Waals surface area contributed by atoms with Crippen LogP contribution in [0.3, 0.4) is 0 Å². The average Bonchev–Trinajstić information content (AvgIpc) is 3.46. The van der Waals surface area contributed by atoms with Gasteiger partial charge in [-0.05, 0) is 59.7 Å². The lowest BCUT2D eigenvalue weighted by atomic mass is 9.86. The molecule has 0 fully saturated rings. The van der Waals surface area contributed by atoms with E-state index in [1.54, 1.807) is 30.3 Å². The number of fused-ring (bicyclic) bond motifs is 1. The normalized spacial score (nSPS) is 18.2. The maximum Gasteiger partial charge on any atom is 0.416 e. The van der Waals surface area contributed by atoms with Crippen LogP contribution in [0.2, 0.25) is 0 Å². The molecule has 216 valence electrons. The van der Waals surface area contributed by atoms with E-state index in [0.717, 1.165) is 62.7 Å². The van der Waals surface area contributed by atoms with Crippen molar-refractivity contribution < 1.29 is 26.4 Å². The molecule has 1 amide bonds. The number of halogens is 3. The Bertz CT molecular complexity index is 1520. The topological polar surface area (TPSA) is 78.5 Å². The molecule has 0 saturated carbocycles. The molecule has 2 aliphatic rings. The Hall–Kier alpha value is -3.47. The average molecular weight is 584 g/mol. The number of hydrogen-bond acceptors (Lipinski definition) is 4. The van der Waals surface area contributed by atoms with Crippen LogP contribution < -0.4 is 10.0 Å². The Morgan fingerprint density at radius 3 is 2.46 bits per heavy atom. The molecule has 5 rings (SSSR count). The summed E-state index contributed by atoms with van der Waals surface area (Å²) in [6, 6.07) is 17.3. The van der Waals surface area contributed by atoms with Crippen LogP contribution in [0, 0.1) is 0 Å². The molecule has 6 nitrogen and oxygen atoms in total. The van der Waals surface area contributed by atoms with Crippen molar-refractivity contribution in [2.75, 3.05) is 13.1 Å². The monoisotopic (exact) mass is 583 g/mol. The lowest BCUT2D eigenvalue weighted by Gasteiger charge is -2.28. The van der Waals surface area contributed by atoms with Crippen LogP contribution in [0.1, 0.15) is 59.2 Å². The van der Waals surface area contributed by atoms with Gasteiger partial charge in [0.2, 0.25) is 15.9 Å². The summed E-state index contributed by atoms with van der Waals surface area (Å²) in [7, 11) is -4.37. The standard InChI is InChI=1S/C31H32F3N3O3S/c32-31(33,34)25-11-7-12-26(19-25)41(39,40)36-29(23-8-2-1-3-9-23)20-30(38)35-28-13-6-10-24-18-22(14-15-27(24)28)21-37-16-4-5-17-37/h1-5,7-9,11-12,14-15,18-19,28-29,36H,6,10,13,16-17,20-21H2,(H,35,38)/t28-,29-/m1/s1. The van der Waals surface area contributed by atoms with E-state index in [-0.39, 0.29) is 18.4 Å². The minimum Gasteiger partial charge on any atom is -0.349 e. The molecule has 41 heavy (non-hydrogen) atoms. The van der Waals surface area contributed by atoms with Gasteiger partial charge in [-0.15, -0.1) is 0 Å². The Kier molecular flexibility index (Phi) is 8.63. The lowest BCUT2D eigenvalue weighted by Crippen LogP contribution is -2.36. The molecule has 0 spiro atoms. The quantitative estimate of drug-likeness (QED) is 0.318. The molecule has 0 aromatic heterocycles. The molecule has 0 saturated heterocycles. The summed E-state index contributed by atoms with van der Waals surface area (Å²) in [4.78, 5) is 15.1. The van der Waals surface area contributed by atoms with Crippen LogP contribution in [0.25, 0.3) is 0 Å². The molecular formula is C31H32F3N3O3S. The number of carbonyl (C=O) groups is 1. The summed E-state index contributed by atoms with van der Waals surface area (Å²) in [6.07, 6.45) is 2.02. The number of sulfonamides is 1. The van der Waals surface area contributed by atoms with Gasteiger partial charge in [0.1, 0.15) is 0 Å². The number of aryl methyl sites for hydroxylation is 1. The predicted molar refractivity (Wildman–Crippen MR) is 150 cm³/mol. The van der Waals surface area contributed by atoms with Gasteiger partial charge < -0.3 is 5.32 Å². The van der Waals surface area contributed by atoms with Crippen molar-refractivity contribution in [2.24, 2.45) is 0 Å². The van der Waals surface area contributed by atoms with E-state index < -0.39 is 32.7 Å². The third kappa shape index (κ3) is 7.25. The minimum absolute atomic E-state index is 0.203. The first-order chi connectivity index (χ1) is 19.6. The fourth-order valence-electron chi connectivity index (χ4n) is 5.47. The van der Waals surface area contributed by atoms with E-state index in [4.69, 9.17) is 0 Å². The van der Waals surface area contributed by atoms with Crippen molar-refractivity contribution in [3.63, 3.8) is 0 Å². The molecular weight excluding hydrogens is 551 g/mol. The number of benzene rings is 3. The molecule has 2 N–H and O–H groups in total. The second kappa shape index (κ2) is 12.2. The number of nitrogens with one attached hydrogen (secondary N) is 2. The summed E-state index contributed by atoms with van der Waals surface area (Å²) in [5, 5.41) is 3.08. The summed E-state index contributed by atoms with van der Waals surface area (Å²) in [6.45, 7) is 2.74. The predicted octanol–water partition coefficient (Wildman–Crippen LogP) is 5.68. The molecule has 1 heterocycles. The van der Waals surface area contributed by atoms with E-state index >= 15 is 0 Å². The maximum atomic E-state index is 13.3. The molecule has 3 aromatic carbocycles. The van der Waals surface area contributed by atoms with E-state index in [9.17, 15) is 26.4 Å². The zero-order chi connectivity index (χ0) is 29.0. The third-order valence-corrected chi connectivity index (χ3v) is 8.99. The molecule has 1 aliphatic carbocycles. The van der Waals surface area contributed by atoms with Crippen molar-refractivity contribution in [3.8, 4) is 0 Å². The highest BCUT2D eigenvalue weighted by Crippen LogP contribution is 2.33. The smallest absolute Gasteiger partial charge is 0.349 e. The van der Waals surface area contributed by atoms with Crippen molar-refractivity contribution >= 4 is 15.9 Å². The van der Waals surface area contributed by atoms with Crippen LogP contribution >= 0.6 is 0 Å². The van der Waals surface area contributed by atoms with Crippen molar-refractivity contribution in [1.82, 2.24) is 14.9 Å². The molecule has 0 bridgehead atoms. The second-order valence-electron chi connectivity index (χ2n) is 10.5. The highest BCUT2D eigenvalue weighted by atomic mass is 32.2. The fraction of sp³-hybridized carbons (Fsp3) is 0.323. The van der Waals surface area contributed by atoms with Gasteiger partial charge in [0, 0.05) is 26.1 Å². The van der Waals surface area contributed by atoms with Crippen LogP contribution in [-0.2, 0) is 34.0 Å². The van der Waals surface area contributed by atoms with Crippen molar-refractivity contribution in [3.05, 3.63) is 113 Å². The number of nitrogens with zero attached hydrogens (tertiary/aromatic N) is 1. The summed E-state index contributed by atoms with van der Waals surface area (Å²) < 4.78 is 68.5. The van der Waals surface area contributed by atoms with E-state index in [0.29, 0.717) is 11.6 Å². The Balaban J connectivity index is 1.31. The maximum absolute atomic E-state index is 13.3. The highest BCUT2D eigenvalue weighted by Gasteiger charge is 2.33. The summed E-state index contributed by atoms with van der Waals surface area (Å²) in [5.74, 6) is -0.351. The van der Waals surface area contributed by atoms with Gasteiger partial charge in [-0.25, -0.2) is 13.1 Å². The SMILES string of the molecule is O=C(C[C@@H](NS(=O)(=O)c1cccc(C(F)(F)F)c1)c1ccccc1)N[C@@H]1CCCc2cc(CN3CC=CC3)ccc21. The van der Waals surface area contributed by atoms with Gasteiger partial charge in [-0.2, -0.15) is 13.2 Å². The summed E-state index contributed by atoms with van der Waals surface area (Å²) in [5.41, 5.74) is 2.96. The summed E-state index contributed by atoms with van der Waals surface area (Å²) >= 11 is 0. The molecule has 10 heteroatoms. The van der Waals surface area contributed by atoms with Crippen LogP contribution in [0.4, 0.5) is 13.2 Å². The zero-order valence-electron chi connectivity index (χ0n) is 22.4. The number of alkyl halides is 3. The first kappa shape index (κ1) is 29.0. The van der Waals surface area contributed by atoms with Crippen LogP contribution in [0.15, 0.2) is 89.8 Å². The minimum atomic E-state index is -4.69. The van der Waals surface area contributed by atoms with Crippen LogP contribution in [0.5, 0.6) is 0 Å². The third-order valence-electron chi connectivity index (χ3n) is 7.52. The van der Waals surface area contributed by atoms with E-state index in [2.05, 4.69) is 45.3 Å². The zero-order valence-corrected chi connectivity index (χ0v) is 23.2. The van der Waals surface area contributed by atoms with Gasteiger partial charge in [0.15, 0.2) is 0 Å². The van der Waals surface area contributed by atoms with Crippen molar-refractivity contribution in [1.29, 1.82) is 0 Å². The lowest BCUT2D eigenvalue weighted by molar-refractivity contribution is -0.137. The van der Waals surface area contributed by atoms with Gasteiger partial charge in [0.05, 0.1) is 22.5 Å². The van der Waals surface area contributed by atoms with Crippen LogP contribution in [-0.4, -0.2) is 32.3 Å². The molecule has 0 radical (unpaired) electrons. The first-order valence-electron chi connectivity index (χ1n) is 13.6. The second-order valence-corrected chi connectivity index (χ2v) is 12.2. The number of hydrogen-bond donors (Lipinski definition) is 2. The first-order valence-corrected chi connectivity index (χ1v) is 15.1. The van der Waals surface area contributed by atoms with E-state index in [1.807, 2.05) is 0 Å². The number of carbonyl (C=O) groups excluding carboxylic acids is 1. The highest BCUT2D eigenvalue weighted by molar-refractivity contribution is 7.89. The molecule has 0 unspecified atom stereocenters. The molecule has 3 aromatic rings. The molecule has 1 aliphatic heterocycles. The Morgan fingerprint density at radius 1 is 0.976 bits per heavy atom. The van der Waals surface area contributed by atoms with Gasteiger partial charge >= 0.3 is 6.18 Å². The van der Waals surface area contributed by atoms with Gasteiger partial charge in [0.25, 0.3) is 0 Å². The number of amides is 1. The van der Waals surface area contributed by atoms with E-state index in [1.165, 1.54) is 11.1 Å². The molecule has 2 atom stereocenters. The Labute approximate surface area is 238 Å².